The average Bonchev–Trinajstić information content (AvgIpc) is 2.62. The lowest BCUT2D eigenvalue weighted by atomic mass is 9.84. The Morgan fingerprint density at radius 2 is 1.70 bits per heavy atom. The number of anilines is 1. The minimum absolute atomic E-state index is 0.251. The number of ketones is 1. The van der Waals surface area contributed by atoms with Crippen molar-refractivity contribution in [1.82, 2.24) is 0 Å². The number of rotatable bonds is 3. The fraction of sp³-hybridized carbons (Fsp3) is 0.632. The van der Waals surface area contributed by atoms with Gasteiger partial charge in [-0.05, 0) is 49.9 Å². The second kappa shape index (κ2) is 6.86. The summed E-state index contributed by atoms with van der Waals surface area (Å²) < 4.78 is 5.40. The smallest absolute Gasteiger partial charge is 0.166 e. The third-order valence-corrected chi connectivity index (χ3v) is 7.06. The first-order valence-electron chi connectivity index (χ1n) is 8.92. The Balaban J connectivity index is 1.44. The normalized spacial score (nSPS) is 31.0. The Labute approximate surface area is 142 Å². The maximum absolute atomic E-state index is 12.9. The van der Waals surface area contributed by atoms with Crippen molar-refractivity contribution in [3.05, 3.63) is 29.8 Å². The molecule has 0 radical (unpaired) electrons. The van der Waals surface area contributed by atoms with Crippen LogP contribution >= 0.6 is 11.8 Å². The fourth-order valence-electron chi connectivity index (χ4n) is 4.17. The van der Waals surface area contributed by atoms with E-state index in [0.717, 1.165) is 55.2 Å². The summed E-state index contributed by atoms with van der Waals surface area (Å²) in [6.07, 6.45) is 6.15. The van der Waals surface area contributed by atoms with Gasteiger partial charge in [-0.3, -0.25) is 4.79 Å². The Bertz CT molecular complexity index is 541. The number of hydrogen-bond donors (Lipinski definition) is 0. The van der Waals surface area contributed by atoms with Gasteiger partial charge in [0.2, 0.25) is 0 Å². The van der Waals surface area contributed by atoms with Crippen LogP contribution in [-0.2, 0) is 4.74 Å². The maximum Gasteiger partial charge on any atom is 0.166 e. The summed E-state index contributed by atoms with van der Waals surface area (Å²) in [6.45, 7) is 3.47. The molecule has 124 valence electrons. The highest BCUT2D eigenvalue weighted by Gasteiger charge is 2.35. The third-order valence-electron chi connectivity index (χ3n) is 5.43. The molecule has 1 aromatic carbocycles. The molecule has 3 saturated heterocycles. The minimum atomic E-state index is 0.251. The minimum Gasteiger partial charge on any atom is -0.378 e. The maximum atomic E-state index is 12.9. The molecule has 0 aliphatic carbocycles. The number of thioether (sulfide) groups is 1. The van der Waals surface area contributed by atoms with E-state index < -0.39 is 0 Å². The highest BCUT2D eigenvalue weighted by Crippen LogP contribution is 2.44. The molecule has 1 aromatic rings. The first kappa shape index (κ1) is 15.5. The number of benzene rings is 1. The van der Waals surface area contributed by atoms with Crippen LogP contribution in [0.15, 0.2) is 24.3 Å². The van der Waals surface area contributed by atoms with E-state index >= 15 is 0 Å². The van der Waals surface area contributed by atoms with Crippen LogP contribution < -0.4 is 4.90 Å². The second-order valence-electron chi connectivity index (χ2n) is 6.99. The highest BCUT2D eigenvalue weighted by molar-refractivity contribution is 8.00. The molecule has 3 fully saturated rings. The van der Waals surface area contributed by atoms with Gasteiger partial charge in [0, 0.05) is 40.8 Å². The number of fused-ring (bicyclic) bond motifs is 2. The number of morpholine rings is 1. The number of nitrogens with zero attached hydrogens (tertiary/aromatic N) is 1. The second-order valence-corrected chi connectivity index (χ2v) is 8.60. The Morgan fingerprint density at radius 3 is 2.35 bits per heavy atom. The molecule has 2 bridgehead atoms. The van der Waals surface area contributed by atoms with Gasteiger partial charge in [-0.2, -0.15) is 11.8 Å². The first-order chi connectivity index (χ1) is 11.3. The van der Waals surface area contributed by atoms with Crippen molar-refractivity contribution in [2.75, 3.05) is 31.2 Å². The van der Waals surface area contributed by atoms with Gasteiger partial charge in [-0.15, -0.1) is 0 Å². The first-order valence-corrected chi connectivity index (χ1v) is 9.86. The van der Waals surface area contributed by atoms with Gasteiger partial charge in [0.05, 0.1) is 13.2 Å². The lowest BCUT2D eigenvalue weighted by Crippen LogP contribution is -2.36. The molecule has 2 atom stereocenters. The van der Waals surface area contributed by atoms with Gasteiger partial charge < -0.3 is 9.64 Å². The van der Waals surface area contributed by atoms with E-state index in [-0.39, 0.29) is 5.92 Å². The predicted molar refractivity (Wildman–Crippen MR) is 95.5 cm³/mol. The van der Waals surface area contributed by atoms with Crippen molar-refractivity contribution >= 4 is 23.2 Å². The van der Waals surface area contributed by atoms with Gasteiger partial charge in [0.1, 0.15) is 0 Å². The Kier molecular flexibility index (Phi) is 4.63. The van der Waals surface area contributed by atoms with Crippen molar-refractivity contribution in [2.45, 2.75) is 42.6 Å². The average molecular weight is 331 g/mol. The molecule has 0 spiro atoms. The summed E-state index contributed by atoms with van der Waals surface area (Å²) in [5.41, 5.74) is 2.11. The lowest BCUT2D eigenvalue weighted by Gasteiger charge is -2.38. The quantitative estimate of drug-likeness (QED) is 0.789. The van der Waals surface area contributed by atoms with Crippen molar-refractivity contribution in [2.24, 2.45) is 5.92 Å². The number of hydrogen-bond acceptors (Lipinski definition) is 4. The van der Waals surface area contributed by atoms with E-state index in [1.165, 1.54) is 24.9 Å². The monoisotopic (exact) mass is 331 g/mol. The molecule has 3 heterocycles. The number of carbonyl (C=O) groups excluding carboxylic acids is 1. The van der Waals surface area contributed by atoms with Crippen molar-refractivity contribution in [3.8, 4) is 0 Å². The van der Waals surface area contributed by atoms with E-state index in [0.29, 0.717) is 5.78 Å². The molecule has 3 aliphatic heterocycles. The molecule has 2 unspecified atom stereocenters. The van der Waals surface area contributed by atoms with Crippen molar-refractivity contribution in [1.29, 1.82) is 0 Å². The molecule has 4 rings (SSSR count). The molecular weight excluding hydrogens is 306 g/mol. The molecule has 3 nitrogen and oxygen atoms in total. The molecular formula is C19H25NO2S. The van der Waals surface area contributed by atoms with Gasteiger partial charge in [0.25, 0.3) is 0 Å². The molecule has 4 heteroatoms. The van der Waals surface area contributed by atoms with Gasteiger partial charge >= 0.3 is 0 Å². The van der Waals surface area contributed by atoms with Crippen LogP contribution in [0.2, 0.25) is 0 Å². The van der Waals surface area contributed by atoms with E-state index in [4.69, 9.17) is 4.74 Å². The lowest BCUT2D eigenvalue weighted by molar-refractivity contribution is 0.0896. The van der Waals surface area contributed by atoms with Gasteiger partial charge in [-0.1, -0.05) is 6.42 Å². The van der Waals surface area contributed by atoms with Crippen LogP contribution in [0.5, 0.6) is 0 Å². The number of ether oxygens (including phenoxy) is 1. The summed E-state index contributed by atoms with van der Waals surface area (Å²) >= 11 is 2.14. The van der Waals surface area contributed by atoms with Crippen LogP contribution in [0.4, 0.5) is 5.69 Å². The topological polar surface area (TPSA) is 29.5 Å². The molecule has 0 saturated carbocycles. The number of carbonyl (C=O) groups is 1. The van der Waals surface area contributed by atoms with Crippen LogP contribution in [0.1, 0.15) is 42.5 Å². The Hall–Kier alpha value is -1.00. The summed E-state index contributed by atoms with van der Waals surface area (Å²) in [6, 6.07) is 8.28. The van der Waals surface area contributed by atoms with Gasteiger partial charge in [-0.25, -0.2) is 0 Å². The van der Waals surface area contributed by atoms with E-state index in [1.807, 2.05) is 12.1 Å². The summed E-state index contributed by atoms with van der Waals surface area (Å²) in [4.78, 5) is 15.2. The third kappa shape index (κ3) is 3.43. The van der Waals surface area contributed by atoms with Crippen LogP contribution in [0.3, 0.4) is 0 Å². The SMILES string of the molecule is O=C(c1ccc(N2CCOCC2)cc1)C1CC2CCCC(C1)S2. The van der Waals surface area contributed by atoms with E-state index in [2.05, 4.69) is 28.8 Å². The molecule has 0 amide bonds. The van der Waals surface area contributed by atoms with Gasteiger partial charge in [0.15, 0.2) is 5.78 Å². The van der Waals surface area contributed by atoms with E-state index in [1.54, 1.807) is 0 Å². The standard InChI is InChI=1S/C19H25NO2S/c21-19(15-12-17-2-1-3-18(13-15)23-17)14-4-6-16(7-5-14)20-8-10-22-11-9-20/h4-7,15,17-18H,1-3,8-13H2. The zero-order valence-electron chi connectivity index (χ0n) is 13.6. The Morgan fingerprint density at radius 1 is 1.04 bits per heavy atom. The number of Topliss-reactive ketones (excluding diaryl/α,β-unsaturated/α-hetero) is 1. The van der Waals surface area contributed by atoms with Crippen LogP contribution in [0.25, 0.3) is 0 Å². The zero-order valence-corrected chi connectivity index (χ0v) is 14.4. The van der Waals surface area contributed by atoms with Crippen molar-refractivity contribution < 1.29 is 9.53 Å². The highest BCUT2D eigenvalue weighted by atomic mass is 32.2. The largest absolute Gasteiger partial charge is 0.378 e. The molecule has 0 N–H and O–H groups in total. The zero-order chi connectivity index (χ0) is 15.6. The van der Waals surface area contributed by atoms with Crippen LogP contribution in [-0.4, -0.2) is 42.6 Å². The summed E-state index contributed by atoms with van der Waals surface area (Å²) in [7, 11) is 0. The molecule has 0 aromatic heterocycles. The molecule has 23 heavy (non-hydrogen) atoms. The summed E-state index contributed by atoms with van der Waals surface area (Å²) in [5.74, 6) is 0.622. The van der Waals surface area contributed by atoms with E-state index in [9.17, 15) is 4.79 Å². The summed E-state index contributed by atoms with van der Waals surface area (Å²) in [5, 5.41) is 1.45. The fourth-order valence-corrected chi connectivity index (χ4v) is 6.00. The van der Waals surface area contributed by atoms with Crippen LogP contribution in [0, 0.1) is 5.92 Å². The molecule has 3 aliphatic rings. The van der Waals surface area contributed by atoms with Crippen molar-refractivity contribution in [3.63, 3.8) is 0 Å². The predicted octanol–water partition coefficient (Wildman–Crippen LogP) is 3.77.